The Kier molecular flexibility index (Phi) is 11.5. The molecule has 3 N–H and O–H groups in total. The molecule has 3 nitrogen and oxygen atoms in total. The second-order valence-corrected chi connectivity index (χ2v) is 24.8. The fourth-order valence-corrected chi connectivity index (χ4v) is 10.2. The maximum atomic E-state index is 12.2. The van der Waals surface area contributed by atoms with Crippen molar-refractivity contribution in [2.24, 2.45) is 0 Å². The third-order valence-electron chi connectivity index (χ3n) is 13.6. The minimum absolute atomic E-state index is 0.00352. The van der Waals surface area contributed by atoms with E-state index in [2.05, 4.69) is 203 Å². The maximum absolute atomic E-state index is 12.2. The van der Waals surface area contributed by atoms with Crippen LogP contribution in [-0.2, 0) is 32.5 Å². The van der Waals surface area contributed by atoms with Crippen molar-refractivity contribution in [1.29, 1.82) is 0 Å². The predicted octanol–water partition coefficient (Wildman–Crippen LogP) is 15.4. The van der Waals surface area contributed by atoms with Crippen LogP contribution in [0.15, 0.2) is 78.9 Å². The Balaban J connectivity index is 1.95. The largest absolute Gasteiger partial charge is 0.441 e. The summed E-state index contributed by atoms with van der Waals surface area (Å²) in [4.78, 5) is 36.6. The topological polar surface area (TPSA) is 60.7 Å². The van der Waals surface area contributed by atoms with Gasteiger partial charge in [-0.15, -0.1) is 0 Å². The van der Waals surface area contributed by atoms with Gasteiger partial charge in [0, 0.05) is 11.1 Å². The van der Waals surface area contributed by atoms with Crippen molar-refractivity contribution in [1.82, 2.24) is 0 Å². The summed E-state index contributed by atoms with van der Waals surface area (Å²) in [5.74, 6) is 0. The molecule has 0 aromatic heterocycles. The van der Waals surface area contributed by atoms with E-state index in [-0.39, 0.29) is 32.4 Å². The highest BCUT2D eigenvalue weighted by molar-refractivity contribution is 7.67. The SMILES string of the molecule is CCC(C)(C)c1ccc2c(-c3cc4ccc(C(C)(C)C)cc4cc3C(C)(C)C)c([P+](O)(O)O)c(C(C)(C)CC)c(-c3cc4ccc(C(C)(C)C)cc4cc3C(C)(C)C)c2c1. The third-order valence-corrected chi connectivity index (χ3v) is 14.7. The number of fused-ring (bicyclic) bond motifs is 3. The van der Waals surface area contributed by atoms with Gasteiger partial charge in [-0.3, -0.25) is 0 Å². The lowest BCUT2D eigenvalue weighted by atomic mass is 9.70. The molecule has 6 aromatic rings. The number of benzene rings is 6. The fourth-order valence-electron chi connectivity index (χ4n) is 8.97. The van der Waals surface area contributed by atoms with E-state index in [0.717, 1.165) is 61.2 Å². The van der Waals surface area contributed by atoms with E-state index in [0.29, 0.717) is 12.0 Å². The van der Waals surface area contributed by atoms with Gasteiger partial charge in [-0.05, 0) is 152 Å². The Morgan fingerprint density at radius 3 is 1.20 bits per heavy atom. The van der Waals surface area contributed by atoms with Gasteiger partial charge in [-0.2, -0.15) is 14.7 Å². The van der Waals surface area contributed by atoms with Gasteiger partial charge in [-0.25, -0.2) is 0 Å². The van der Waals surface area contributed by atoms with Crippen molar-refractivity contribution in [2.45, 2.75) is 170 Å². The summed E-state index contributed by atoms with van der Waals surface area (Å²) in [5.41, 5.74) is 9.24. The normalized spacial score (nSPS) is 13.9. The van der Waals surface area contributed by atoms with Crippen LogP contribution in [0.4, 0.5) is 0 Å². The van der Waals surface area contributed by atoms with Crippen LogP contribution in [0.1, 0.15) is 171 Å². The first kappa shape index (κ1) is 45.9. The molecule has 0 radical (unpaired) electrons. The lowest BCUT2D eigenvalue weighted by Gasteiger charge is -2.35. The Morgan fingerprint density at radius 1 is 0.400 bits per heavy atom. The van der Waals surface area contributed by atoms with E-state index in [9.17, 15) is 14.7 Å². The second kappa shape index (κ2) is 15.0. The highest BCUT2D eigenvalue weighted by Gasteiger charge is 2.48. The molecule has 0 aliphatic rings. The molecule has 0 bridgehead atoms. The van der Waals surface area contributed by atoms with Crippen molar-refractivity contribution in [3.8, 4) is 22.3 Å². The summed E-state index contributed by atoms with van der Waals surface area (Å²) in [6.45, 7) is 40.5. The second-order valence-electron chi connectivity index (χ2n) is 23.2. The molecule has 0 saturated heterocycles. The van der Waals surface area contributed by atoms with E-state index in [1.165, 1.54) is 27.6 Å². The molecule has 0 amide bonds. The van der Waals surface area contributed by atoms with Gasteiger partial charge in [0.15, 0.2) is 5.30 Å². The quantitative estimate of drug-likeness (QED) is 0.141. The molecule has 0 spiro atoms. The van der Waals surface area contributed by atoms with Crippen LogP contribution >= 0.6 is 7.94 Å². The van der Waals surface area contributed by atoms with Crippen LogP contribution < -0.4 is 5.30 Å². The highest BCUT2D eigenvalue weighted by atomic mass is 31.2. The Morgan fingerprint density at radius 2 is 0.817 bits per heavy atom. The number of hydrogen-bond donors (Lipinski definition) is 3. The van der Waals surface area contributed by atoms with E-state index in [4.69, 9.17) is 0 Å². The number of hydrogen-bond acceptors (Lipinski definition) is 3. The summed E-state index contributed by atoms with van der Waals surface area (Å²) < 4.78 is 0. The molecule has 0 aliphatic heterocycles. The van der Waals surface area contributed by atoms with Gasteiger partial charge < -0.3 is 0 Å². The summed E-state index contributed by atoms with van der Waals surface area (Å²) in [7, 11) is -4.71. The Bertz CT molecular complexity index is 2620. The molecule has 0 fully saturated rings. The smallest absolute Gasteiger partial charge is 0.189 e. The first-order valence-electron chi connectivity index (χ1n) is 22.2. The fraction of sp³-hybridized carbons (Fsp3) is 0.464. The van der Waals surface area contributed by atoms with Crippen LogP contribution in [0.25, 0.3) is 54.6 Å². The molecule has 6 aromatic carbocycles. The molecule has 60 heavy (non-hydrogen) atoms. The predicted molar refractivity (Wildman–Crippen MR) is 264 cm³/mol. The molecule has 6 rings (SSSR count). The average molecular weight is 826 g/mol. The van der Waals surface area contributed by atoms with Gasteiger partial charge in [0.25, 0.3) is 0 Å². The molecule has 0 saturated carbocycles. The van der Waals surface area contributed by atoms with Crippen molar-refractivity contribution in [2.75, 3.05) is 0 Å². The summed E-state index contributed by atoms with van der Waals surface area (Å²) in [6.07, 6.45) is 1.67. The van der Waals surface area contributed by atoms with Crippen LogP contribution in [0.2, 0.25) is 0 Å². The molecule has 0 unspecified atom stereocenters. The van der Waals surface area contributed by atoms with Crippen LogP contribution in [0, 0.1) is 0 Å². The summed E-state index contributed by atoms with van der Waals surface area (Å²) in [6, 6.07) is 29.6. The van der Waals surface area contributed by atoms with E-state index in [1.54, 1.807) is 0 Å². The molecular weight excluding hydrogens is 752 g/mol. The summed E-state index contributed by atoms with van der Waals surface area (Å²) in [5, 5.41) is 6.79. The Labute approximate surface area is 363 Å². The monoisotopic (exact) mass is 826 g/mol. The average Bonchev–Trinajstić information content (AvgIpc) is 3.13. The van der Waals surface area contributed by atoms with Crippen LogP contribution in [0.3, 0.4) is 0 Å². The molecule has 320 valence electrons. The molecule has 0 aliphatic carbocycles. The van der Waals surface area contributed by atoms with E-state index in [1.807, 2.05) is 0 Å². The minimum atomic E-state index is -4.71. The molecule has 0 heterocycles. The maximum Gasteiger partial charge on any atom is 0.441 e. The lowest BCUT2D eigenvalue weighted by molar-refractivity contribution is 0.346. The van der Waals surface area contributed by atoms with Crippen molar-refractivity contribution in [3.05, 3.63) is 112 Å². The van der Waals surface area contributed by atoms with Gasteiger partial charge in [0.1, 0.15) is 0 Å². The van der Waals surface area contributed by atoms with Crippen LogP contribution in [-0.4, -0.2) is 14.7 Å². The minimum Gasteiger partial charge on any atom is -0.189 e. The zero-order chi connectivity index (χ0) is 44.9. The van der Waals surface area contributed by atoms with Gasteiger partial charge >= 0.3 is 7.94 Å². The first-order valence-corrected chi connectivity index (χ1v) is 23.9. The third kappa shape index (κ3) is 8.46. The van der Waals surface area contributed by atoms with Crippen LogP contribution in [0.5, 0.6) is 0 Å². The van der Waals surface area contributed by atoms with Crippen molar-refractivity contribution in [3.63, 3.8) is 0 Å². The van der Waals surface area contributed by atoms with E-state index < -0.39 is 13.4 Å². The van der Waals surface area contributed by atoms with Gasteiger partial charge in [0.05, 0.1) is 0 Å². The van der Waals surface area contributed by atoms with E-state index >= 15 is 0 Å². The number of rotatable bonds is 7. The van der Waals surface area contributed by atoms with Gasteiger partial charge in [0.2, 0.25) is 0 Å². The zero-order valence-electron chi connectivity index (χ0n) is 40.2. The first-order chi connectivity index (χ1) is 27.3. The lowest BCUT2D eigenvalue weighted by Crippen LogP contribution is -2.31. The summed E-state index contributed by atoms with van der Waals surface area (Å²) >= 11 is 0. The molecule has 4 heteroatoms. The standard InChI is InChI=1S/C56H74O3P/c1-19-55(15,16)40-25-26-41-42(33-40)47(43-29-34-21-23-38(51(3,4)5)27-36(34)31-45(43)53(9,10)11)49(56(17,18)20-2)50(60(57,58)59)48(41)44-30-35-22-24-39(52(6,7)8)28-37(35)32-46(44)54(12,13)14/h21-33,57-59H,19-20H2,1-18H3/q+1. The van der Waals surface area contributed by atoms with Crippen molar-refractivity contribution < 1.29 is 14.7 Å². The Hall–Kier alpha value is -3.59. The molecular formula is C56H74O3P+. The highest BCUT2D eigenvalue weighted by Crippen LogP contribution is 2.57. The van der Waals surface area contributed by atoms with Crippen molar-refractivity contribution >= 4 is 45.6 Å². The molecule has 0 atom stereocenters. The zero-order valence-corrected chi connectivity index (χ0v) is 41.1. The van der Waals surface area contributed by atoms with Gasteiger partial charge in [-0.1, -0.05) is 173 Å².